The molecule has 0 N–H and O–H groups in total. The van der Waals surface area contributed by atoms with E-state index in [9.17, 15) is 10.1 Å². The van der Waals surface area contributed by atoms with Crippen molar-refractivity contribution in [1.29, 1.82) is 0 Å². The van der Waals surface area contributed by atoms with E-state index in [1.807, 2.05) is 26.1 Å². The van der Waals surface area contributed by atoms with Gasteiger partial charge in [0.05, 0.1) is 11.0 Å². The summed E-state index contributed by atoms with van der Waals surface area (Å²) in [7, 11) is 0. The van der Waals surface area contributed by atoms with Crippen LogP contribution in [0.4, 0.5) is 5.69 Å². The monoisotopic (exact) mass is 355 g/mol. The Morgan fingerprint density at radius 1 is 1.38 bits per heavy atom. The summed E-state index contributed by atoms with van der Waals surface area (Å²) in [6.45, 7) is 7.72. The molecule has 1 fully saturated rings. The maximum absolute atomic E-state index is 11.2. The average Bonchev–Trinajstić information content (AvgIpc) is 2.97. The standard InChI is InChI=1S/C20H25N3O3/c1-14(2)26-20-7-6-18(23(24)25)10-17(20)13-22-12-15(3)9-19(22)16-5-4-8-21-11-16/h4-8,10-11,14-15,19H,9,12-13H2,1-3H3. The van der Waals surface area contributed by atoms with Gasteiger partial charge in [0.1, 0.15) is 5.75 Å². The van der Waals surface area contributed by atoms with Crippen molar-refractivity contribution in [2.45, 2.75) is 45.9 Å². The van der Waals surface area contributed by atoms with Crippen LogP contribution in [0.5, 0.6) is 5.75 Å². The molecule has 0 amide bonds. The summed E-state index contributed by atoms with van der Waals surface area (Å²) in [5, 5.41) is 11.2. The molecule has 3 rings (SSSR count). The van der Waals surface area contributed by atoms with Crippen LogP contribution in [0.2, 0.25) is 0 Å². The quantitative estimate of drug-likeness (QED) is 0.569. The predicted octanol–water partition coefficient (Wildman–Crippen LogP) is 4.36. The van der Waals surface area contributed by atoms with Crippen LogP contribution in [0.25, 0.3) is 0 Å². The zero-order valence-electron chi connectivity index (χ0n) is 15.5. The lowest BCUT2D eigenvalue weighted by atomic mass is 10.0. The van der Waals surface area contributed by atoms with E-state index in [0.717, 1.165) is 24.3 Å². The van der Waals surface area contributed by atoms with Gasteiger partial charge in [0.2, 0.25) is 0 Å². The number of non-ortho nitro benzene ring substituents is 1. The normalized spacial score (nSPS) is 20.5. The molecule has 1 aromatic heterocycles. The molecule has 2 heterocycles. The van der Waals surface area contributed by atoms with Crippen LogP contribution in [0.1, 0.15) is 44.4 Å². The molecule has 0 aliphatic carbocycles. The fourth-order valence-corrected chi connectivity index (χ4v) is 3.62. The van der Waals surface area contributed by atoms with Gasteiger partial charge in [-0.3, -0.25) is 20.0 Å². The molecule has 138 valence electrons. The zero-order chi connectivity index (χ0) is 18.7. The van der Waals surface area contributed by atoms with Gasteiger partial charge < -0.3 is 4.74 Å². The van der Waals surface area contributed by atoms with Crippen molar-refractivity contribution < 1.29 is 9.66 Å². The van der Waals surface area contributed by atoms with Crippen LogP contribution in [-0.4, -0.2) is 27.5 Å². The van der Waals surface area contributed by atoms with Gasteiger partial charge in [-0.1, -0.05) is 13.0 Å². The van der Waals surface area contributed by atoms with Crippen molar-refractivity contribution in [3.8, 4) is 5.75 Å². The molecule has 6 heteroatoms. The Hall–Kier alpha value is -2.47. The first-order chi connectivity index (χ1) is 12.4. The molecule has 1 saturated heterocycles. The van der Waals surface area contributed by atoms with Crippen LogP contribution < -0.4 is 4.74 Å². The summed E-state index contributed by atoms with van der Waals surface area (Å²) in [5.41, 5.74) is 2.14. The Morgan fingerprint density at radius 3 is 2.85 bits per heavy atom. The number of aromatic nitrogens is 1. The molecular weight excluding hydrogens is 330 g/mol. The van der Waals surface area contributed by atoms with Crippen molar-refractivity contribution in [2.75, 3.05) is 6.54 Å². The van der Waals surface area contributed by atoms with Gasteiger partial charge in [0.15, 0.2) is 0 Å². The number of nitrogens with zero attached hydrogens (tertiary/aromatic N) is 3. The number of pyridine rings is 1. The number of hydrogen-bond acceptors (Lipinski definition) is 5. The average molecular weight is 355 g/mol. The van der Waals surface area contributed by atoms with Gasteiger partial charge >= 0.3 is 0 Å². The Labute approximate surface area is 154 Å². The van der Waals surface area contributed by atoms with E-state index in [1.54, 1.807) is 18.3 Å². The molecule has 1 aliphatic heterocycles. The second-order valence-corrected chi connectivity index (χ2v) is 7.29. The highest BCUT2D eigenvalue weighted by Crippen LogP contribution is 2.37. The Bertz CT molecular complexity index is 764. The maximum atomic E-state index is 11.2. The van der Waals surface area contributed by atoms with Crippen LogP contribution in [0.15, 0.2) is 42.7 Å². The molecule has 0 saturated carbocycles. The van der Waals surface area contributed by atoms with Gasteiger partial charge in [-0.15, -0.1) is 0 Å². The molecule has 2 unspecified atom stereocenters. The first-order valence-corrected chi connectivity index (χ1v) is 9.02. The first-order valence-electron chi connectivity index (χ1n) is 9.02. The lowest BCUT2D eigenvalue weighted by molar-refractivity contribution is -0.385. The van der Waals surface area contributed by atoms with Crippen molar-refractivity contribution in [1.82, 2.24) is 9.88 Å². The van der Waals surface area contributed by atoms with E-state index >= 15 is 0 Å². The smallest absolute Gasteiger partial charge is 0.270 e. The van der Waals surface area contributed by atoms with Gasteiger partial charge in [-0.05, 0) is 43.9 Å². The fourth-order valence-electron chi connectivity index (χ4n) is 3.62. The van der Waals surface area contributed by atoms with Crippen molar-refractivity contribution in [3.05, 3.63) is 64.0 Å². The molecule has 0 radical (unpaired) electrons. The summed E-state index contributed by atoms with van der Waals surface area (Å²) in [5.74, 6) is 1.28. The molecule has 1 aromatic carbocycles. The minimum absolute atomic E-state index is 0.0156. The maximum Gasteiger partial charge on any atom is 0.270 e. The van der Waals surface area contributed by atoms with E-state index < -0.39 is 0 Å². The largest absolute Gasteiger partial charge is 0.491 e. The van der Waals surface area contributed by atoms with Gasteiger partial charge in [0.25, 0.3) is 5.69 Å². The van der Waals surface area contributed by atoms with Crippen LogP contribution >= 0.6 is 0 Å². The highest BCUT2D eigenvalue weighted by Gasteiger charge is 2.31. The lowest BCUT2D eigenvalue weighted by Crippen LogP contribution is -2.24. The summed E-state index contributed by atoms with van der Waals surface area (Å²) >= 11 is 0. The lowest BCUT2D eigenvalue weighted by Gasteiger charge is -2.26. The molecule has 0 bridgehead atoms. The van der Waals surface area contributed by atoms with Gasteiger partial charge in [0, 0.05) is 49.2 Å². The number of ether oxygens (including phenoxy) is 1. The number of benzene rings is 1. The third kappa shape index (κ3) is 4.19. The van der Waals surface area contributed by atoms with Gasteiger partial charge in [-0.2, -0.15) is 0 Å². The van der Waals surface area contributed by atoms with E-state index in [-0.39, 0.29) is 22.8 Å². The Balaban J connectivity index is 1.90. The molecule has 6 nitrogen and oxygen atoms in total. The highest BCUT2D eigenvalue weighted by molar-refractivity contribution is 5.44. The van der Waals surface area contributed by atoms with E-state index in [0.29, 0.717) is 12.5 Å². The molecule has 1 aliphatic rings. The van der Waals surface area contributed by atoms with Gasteiger partial charge in [-0.25, -0.2) is 0 Å². The van der Waals surface area contributed by atoms with Crippen LogP contribution in [0, 0.1) is 16.0 Å². The SMILES string of the molecule is CC1CC(c2cccnc2)N(Cc2cc([N+](=O)[O-])ccc2OC(C)C)C1. The second-order valence-electron chi connectivity index (χ2n) is 7.29. The highest BCUT2D eigenvalue weighted by atomic mass is 16.6. The van der Waals surface area contributed by atoms with Crippen molar-refractivity contribution in [3.63, 3.8) is 0 Å². The number of likely N-dealkylation sites (tertiary alicyclic amines) is 1. The number of hydrogen-bond donors (Lipinski definition) is 0. The summed E-state index contributed by atoms with van der Waals surface area (Å²) in [4.78, 5) is 17.5. The number of rotatable bonds is 6. The Morgan fingerprint density at radius 2 is 2.19 bits per heavy atom. The molecule has 0 spiro atoms. The fraction of sp³-hybridized carbons (Fsp3) is 0.450. The minimum Gasteiger partial charge on any atom is -0.491 e. The van der Waals surface area contributed by atoms with Crippen molar-refractivity contribution >= 4 is 5.69 Å². The molecular formula is C20H25N3O3. The van der Waals surface area contributed by atoms with Crippen LogP contribution in [0.3, 0.4) is 0 Å². The predicted molar refractivity (Wildman–Crippen MR) is 100 cm³/mol. The summed E-state index contributed by atoms with van der Waals surface area (Å²) in [6, 6.07) is 9.18. The summed E-state index contributed by atoms with van der Waals surface area (Å²) < 4.78 is 5.90. The third-order valence-electron chi connectivity index (χ3n) is 4.67. The van der Waals surface area contributed by atoms with E-state index in [1.165, 1.54) is 11.6 Å². The third-order valence-corrected chi connectivity index (χ3v) is 4.67. The first kappa shape index (κ1) is 18.3. The number of nitro benzene ring substituents is 1. The van der Waals surface area contributed by atoms with Crippen LogP contribution in [-0.2, 0) is 6.54 Å². The van der Waals surface area contributed by atoms with E-state index in [4.69, 9.17) is 4.74 Å². The summed E-state index contributed by atoms with van der Waals surface area (Å²) in [6.07, 6.45) is 4.76. The van der Waals surface area contributed by atoms with E-state index in [2.05, 4.69) is 22.9 Å². The zero-order valence-corrected chi connectivity index (χ0v) is 15.5. The molecule has 26 heavy (non-hydrogen) atoms. The molecule has 2 atom stereocenters. The van der Waals surface area contributed by atoms with Crippen molar-refractivity contribution in [2.24, 2.45) is 5.92 Å². The Kier molecular flexibility index (Phi) is 5.52. The minimum atomic E-state index is -0.353. The number of nitro groups is 1. The second kappa shape index (κ2) is 7.83. The molecule has 2 aromatic rings. The topological polar surface area (TPSA) is 68.5 Å².